The van der Waals surface area contributed by atoms with Gasteiger partial charge in [-0.25, -0.2) is 9.36 Å². The Balaban J connectivity index is 1.72. The summed E-state index contributed by atoms with van der Waals surface area (Å²) in [6.07, 6.45) is 0.815. The van der Waals surface area contributed by atoms with E-state index in [1.807, 2.05) is 42.6 Å². The van der Waals surface area contributed by atoms with E-state index in [1.54, 1.807) is 19.2 Å². The van der Waals surface area contributed by atoms with Crippen molar-refractivity contribution in [3.8, 4) is 17.3 Å². The second-order valence-corrected chi connectivity index (χ2v) is 7.85. The third-order valence-corrected chi connectivity index (χ3v) is 5.98. The first-order chi connectivity index (χ1) is 15.0. The summed E-state index contributed by atoms with van der Waals surface area (Å²) in [5.74, 6) is 0.414. The predicted molar refractivity (Wildman–Crippen MR) is 116 cm³/mol. The SMILES string of the molecule is COc1ccc2[nH]c3c(c2c1)CC[NH2+][C@H]3c1c(O)n(-c2ccc(C)cc2)c(=O)[nH]c1=O. The van der Waals surface area contributed by atoms with Crippen LogP contribution in [-0.2, 0) is 6.42 Å². The maximum atomic E-state index is 12.8. The van der Waals surface area contributed by atoms with Crippen molar-refractivity contribution in [2.45, 2.75) is 19.4 Å². The summed E-state index contributed by atoms with van der Waals surface area (Å²) in [4.78, 5) is 31.2. The van der Waals surface area contributed by atoms with Gasteiger partial charge in [0.25, 0.3) is 5.56 Å². The van der Waals surface area contributed by atoms with E-state index in [0.29, 0.717) is 5.69 Å². The molecule has 0 fully saturated rings. The molecule has 0 saturated carbocycles. The largest absolute Gasteiger partial charge is 0.497 e. The van der Waals surface area contributed by atoms with E-state index in [4.69, 9.17) is 4.74 Å². The quantitative estimate of drug-likeness (QED) is 0.400. The number of nitrogens with two attached hydrogens (primary N) is 1. The van der Waals surface area contributed by atoms with Gasteiger partial charge in [0.1, 0.15) is 11.3 Å². The van der Waals surface area contributed by atoms with Gasteiger partial charge in [-0.1, -0.05) is 17.7 Å². The Morgan fingerprint density at radius 3 is 2.65 bits per heavy atom. The van der Waals surface area contributed by atoms with Crippen LogP contribution in [-0.4, -0.2) is 33.3 Å². The summed E-state index contributed by atoms with van der Waals surface area (Å²) < 4.78 is 6.51. The third-order valence-electron chi connectivity index (χ3n) is 5.98. The van der Waals surface area contributed by atoms with Gasteiger partial charge < -0.3 is 20.1 Å². The Morgan fingerprint density at radius 2 is 1.90 bits per heavy atom. The molecule has 4 aromatic rings. The molecule has 0 bridgehead atoms. The van der Waals surface area contributed by atoms with Crippen molar-refractivity contribution in [3.63, 3.8) is 0 Å². The topological polar surface area (TPSA) is 117 Å². The zero-order valence-electron chi connectivity index (χ0n) is 17.2. The summed E-state index contributed by atoms with van der Waals surface area (Å²) in [6.45, 7) is 2.68. The van der Waals surface area contributed by atoms with Gasteiger partial charge in [-0.05, 0) is 42.8 Å². The number of nitrogens with zero attached hydrogens (tertiary/aromatic N) is 1. The fraction of sp³-hybridized carbons (Fsp3) is 0.217. The van der Waals surface area contributed by atoms with Crippen LogP contribution in [0.3, 0.4) is 0 Å². The minimum atomic E-state index is -0.674. The predicted octanol–water partition coefficient (Wildman–Crippen LogP) is 1.24. The average molecular weight is 419 g/mol. The van der Waals surface area contributed by atoms with E-state index in [0.717, 1.165) is 51.0 Å². The molecule has 5 rings (SSSR count). The minimum Gasteiger partial charge on any atom is -0.497 e. The highest BCUT2D eigenvalue weighted by atomic mass is 16.5. The lowest BCUT2D eigenvalue weighted by atomic mass is 9.95. The number of nitrogens with one attached hydrogen (secondary N) is 2. The van der Waals surface area contributed by atoms with Crippen LogP contribution in [0.15, 0.2) is 52.1 Å². The lowest BCUT2D eigenvalue weighted by Gasteiger charge is -2.22. The van der Waals surface area contributed by atoms with Crippen LogP contribution in [0, 0.1) is 6.92 Å². The van der Waals surface area contributed by atoms with Gasteiger partial charge in [0.05, 0.1) is 25.0 Å². The van der Waals surface area contributed by atoms with Crippen LogP contribution in [0.25, 0.3) is 16.6 Å². The molecule has 8 heteroatoms. The van der Waals surface area contributed by atoms with Crippen molar-refractivity contribution in [2.24, 2.45) is 0 Å². The average Bonchev–Trinajstić information content (AvgIpc) is 3.13. The summed E-state index contributed by atoms with van der Waals surface area (Å²) >= 11 is 0. The zero-order chi connectivity index (χ0) is 21.7. The van der Waals surface area contributed by atoms with Gasteiger partial charge in [0.2, 0.25) is 5.88 Å². The number of aromatic amines is 2. The van der Waals surface area contributed by atoms with Gasteiger partial charge in [-0.15, -0.1) is 0 Å². The Morgan fingerprint density at radius 1 is 1.13 bits per heavy atom. The number of fused-ring (bicyclic) bond motifs is 3. The first-order valence-corrected chi connectivity index (χ1v) is 10.1. The van der Waals surface area contributed by atoms with Crippen molar-refractivity contribution in [1.29, 1.82) is 0 Å². The van der Waals surface area contributed by atoms with Crippen molar-refractivity contribution >= 4 is 10.9 Å². The van der Waals surface area contributed by atoms with E-state index < -0.39 is 17.3 Å². The van der Waals surface area contributed by atoms with Crippen LogP contribution in [0.1, 0.15) is 28.4 Å². The van der Waals surface area contributed by atoms with Crippen LogP contribution < -0.4 is 21.3 Å². The Kier molecular flexibility index (Phi) is 4.44. The number of aryl methyl sites for hydroxylation is 1. The molecule has 158 valence electrons. The number of H-pyrrole nitrogens is 2. The van der Waals surface area contributed by atoms with Crippen LogP contribution >= 0.6 is 0 Å². The fourth-order valence-electron chi connectivity index (χ4n) is 4.44. The van der Waals surface area contributed by atoms with Crippen LogP contribution in [0.4, 0.5) is 0 Å². The van der Waals surface area contributed by atoms with Crippen molar-refractivity contribution in [2.75, 3.05) is 13.7 Å². The summed E-state index contributed by atoms with van der Waals surface area (Å²) in [6, 6.07) is 12.5. The van der Waals surface area contributed by atoms with Crippen molar-refractivity contribution < 1.29 is 15.2 Å². The van der Waals surface area contributed by atoms with E-state index in [1.165, 1.54) is 0 Å². The maximum Gasteiger partial charge on any atom is 0.335 e. The highest BCUT2D eigenvalue weighted by Gasteiger charge is 2.34. The van der Waals surface area contributed by atoms with E-state index in [2.05, 4.69) is 9.97 Å². The molecular weight excluding hydrogens is 396 g/mol. The molecule has 31 heavy (non-hydrogen) atoms. The minimum absolute atomic E-state index is 0.152. The molecular formula is C23H23N4O4+. The van der Waals surface area contributed by atoms with Gasteiger partial charge >= 0.3 is 5.69 Å². The third kappa shape index (κ3) is 3.03. The number of aromatic hydroxyl groups is 1. The molecule has 0 spiro atoms. The van der Waals surface area contributed by atoms with E-state index in [-0.39, 0.29) is 11.4 Å². The molecule has 0 saturated heterocycles. The molecule has 3 heterocycles. The first kappa shape index (κ1) is 19.2. The normalized spacial score (nSPS) is 15.7. The smallest absolute Gasteiger partial charge is 0.335 e. The molecule has 2 aromatic carbocycles. The summed E-state index contributed by atoms with van der Waals surface area (Å²) in [7, 11) is 1.63. The van der Waals surface area contributed by atoms with Gasteiger partial charge in [-0.2, -0.15) is 0 Å². The second-order valence-electron chi connectivity index (χ2n) is 7.85. The second kappa shape index (κ2) is 7.17. The number of hydrogen-bond acceptors (Lipinski definition) is 4. The number of aromatic nitrogens is 3. The summed E-state index contributed by atoms with van der Waals surface area (Å²) in [5, 5.41) is 14.1. The molecule has 0 radical (unpaired) electrons. The highest BCUT2D eigenvalue weighted by molar-refractivity contribution is 5.86. The number of quaternary nitrogens is 1. The molecule has 2 aromatic heterocycles. The number of rotatable bonds is 3. The number of hydrogen-bond donors (Lipinski definition) is 4. The van der Waals surface area contributed by atoms with Crippen molar-refractivity contribution in [1.82, 2.24) is 14.5 Å². The number of benzene rings is 2. The van der Waals surface area contributed by atoms with Gasteiger partial charge in [-0.3, -0.25) is 9.78 Å². The van der Waals surface area contributed by atoms with E-state index in [9.17, 15) is 14.7 Å². The number of ether oxygens (including phenoxy) is 1. The lowest BCUT2D eigenvalue weighted by Crippen LogP contribution is -2.87. The van der Waals surface area contributed by atoms with Crippen LogP contribution in [0.2, 0.25) is 0 Å². The molecule has 8 nitrogen and oxygen atoms in total. The van der Waals surface area contributed by atoms with Crippen molar-refractivity contribution in [3.05, 3.63) is 85.7 Å². The Hall–Kier alpha value is -3.78. The molecule has 1 atom stereocenters. The Labute approximate surface area is 177 Å². The fourth-order valence-corrected chi connectivity index (χ4v) is 4.44. The van der Waals surface area contributed by atoms with Gasteiger partial charge in [0.15, 0.2) is 6.04 Å². The Bertz CT molecular complexity index is 1410. The molecule has 1 aliphatic rings. The molecule has 0 unspecified atom stereocenters. The monoisotopic (exact) mass is 419 g/mol. The lowest BCUT2D eigenvalue weighted by molar-refractivity contribution is -0.690. The molecule has 0 aliphatic carbocycles. The number of methoxy groups -OCH3 is 1. The zero-order valence-corrected chi connectivity index (χ0v) is 17.2. The van der Waals surface area contributed by atoms with Gasteiger partial charge in [0, 0.05) is 17.3 Å². The highest BCUT2D eigenvalue weighted by Crippen LogP contribution is 2.34. The van der Waals surface area contributed by atoms with E-state index >= 15 is 0 Å². The summed E-state index contributed by atoms with van der Waals surface area (Å²) in [5.41, 5.74) is 3.29. The van der Waals surface area contributed by atoms with Crippen LogP contribution in [0.5, 0.6) is 11.6 Å². The maximum absolute atomic E-state index is 12.8. The molecule has 5 N–H and O–H groups in total. The standard InChI is InChI=1S/C23H22N4O4/c1-12-3-5-13(6-4-12)27-22(29)18(21(28)26-23(27)30)20-19-15(9-10-24-20)16-11-14(31-2)7-8-17(16)25-19/h3-8,11,20,24-25,29H,9-10H2,1-2H3,(H,26,28,30)/p+1/t20-/m0/s1. The first-order valence-electron chi connectivity index (χ1n) is 10.1. The molecule has 1 aliphatic heterocycles. The molecule has 0 amide bonds.